The summed E-state index contributed by atoms with van der Waals surface area (Å²) in [5, 5.41) is 12.6. The fourth-order valence-corrected chi connectivity index (χ4v) is 3.21. The number of carbonyl (C=O) groups excluding carboxylic acids is 1. The van der Waals surface area contributed by atoms with Crippen molar-refractivity contribution >= 4 is 17.2 Å². The molecule has 116 valence electrons. The molecule has 0 spiro atoms. The Morgan fingerprint density at radius 2 is 2.41 bits per heavy atom. The fourth-order valence-electron chi connectivity index (χ4n) is 2.39. The van der Waals surface area contributed by atoms with Gasteiger partial charge in [-0.3, -0.25) is 4.79 Å². The molecular formula is C16H18N2O3S. The van der Waals surface area contributed by atoms with E-state index in [2.05, 4.69) is 16.4 Å². The molecule has 1 aliphatic rings. The van der Waals surface area contributed by atoms with Crippen LogP contribution in [0.25, 0.3) is 10.6 Å². The number of nitrogens with one attached hydrogen (secondary N) is 1. The van der Waals surface area contributed by atoms with Crippen LogP contribution in [0.1, 0.15) is 28.6 Å². The summed E-state index contributed by atoms with van der Waals surface area (Å²) in [7, 11) is 0. The summed E-state index contributed by atoms with van der Waals surface area (Å²) in [6.45, 7) is 2.66. The van der Waals surface area contributed by atoms with Crippen LogP contribution in [0, 0.1) is 0 Å². The Kier molecular flexibility index (Phi) is 4.40. The van der Waals surface area contributed by atoms with Gasteiger partial charge in [-0.1, -0.05) is 0 Å². The number of aromatic nitrogens is 1. The fraction of sp³-hybridized carbons (Fsp3) is 0.375. The molecule has 2 heterocycles. The van der Waals surface area contributed by atoms with E-state index in [1.165, 1.54) is 16.9 Å². The normalized spacial score (nSPS) is 14.3. The molecule has 6 heteroatoms. The molecule has 0 radical (unpaired) electrons. The molecule has 0 saturated carbocycles. The van der Waals surface area contributed by atoms with Gasteiger partial charge >= 0.3 is 0 Å². The first kappa shape index (κ1) is 15.0. The van der Waals surface area contributed by atoms with E-state index in [-0.39, 0.29) is 18.6 Å². The molecule has 1 aliphatic heterocycles. The SMILES string of the molecule is CC(CCO)NC(=O)c1cnc(-c2ccc3c(c2)CCO3)s1. The Hall–Kier alpha value is -1.92. The molecule has 0 fully saturated rings. The molecule has 0 saturated heterocycles. The highest BCUT2D eigenvalue weighted by atomic mass is 32.1. The number of ether oxygens (including phenoxy) is 1. The van der Waals surface area contributed by atoms with E-state index in [0.717, 1.165) is 29.3 Å². The standard InChI is InChI=1S/C16H18N2O3S/c1-10(4-6-19)18-15(20)14-9-17-16(22-14)12-2-3-13-11(8-12)5-7-21-13/h2-3,8-10,19H,4-7H2,1H3,(H,18,20). The van der Waals surface area contributed by atoms with E-state index in [9.17, 15) is 4.79 Å². The summed E-state index contributed by atoms with van der Waals surface area (Å²) in [4.78, 5) is 17.1. The van der Waals surface area contributed by atoms with E-state index in [1.54, 1.807) is 6.20 Å². The second-order valence-corrected chi connectivity index (χ2v) is 6.37. The van der Waals surface area contributed by atoms with Crippen molar-refractivity contribution in [1.82, 2.24) is 10.3 Å². The van der Waals surface area contributed by atoms with Gasteiger partial charge in [-0.05, 0) is 37.1 Å². The van der Waals surface area contributed by atoms with E-state index < -0.39 is 0 Å². The van der Waals surface area contributed by atoms with Gasteiger partial charge in [0, 0.05) is 24.6 Å². The number of carbonyl (C=O) groups is 1. The van der Waals surface area contributed by atoms with Crippen LogP contribution in [0.2, 0.25) is 0 Å². The third-order valence-corrected chi connectivity index (χ3v) is 4.65. The lowest BCUT2D eigenvalue weighted by atomic mass is 10.1. The lowest BCUT2D eigenvalue weighted by molar-refractivity contribution is 0.0938. The monoisotopic (exact) mass is 318 g/mol. The minimum atomic E-state index is -0.144. The molecule has 2 aromatic rings. The van der Waals surface area contributed by atoms with Crippen molar-refractivity contribution in [1.29, 1.82) is 0 Å². The predicted octanol–water partition coefficient (Wildman–Crippen LogP) is 2.25. The molecule has 1 aromatic heterocycles. The van der Waals surface area contributed by atoms with Crippen molar-refractivity contribution in [3.05, 3.63) is 34.8 Å². The zero-order chi connectivity index (χ0) is 15.5. The molecule has 1 unspecified atom stereocenters. The first-order valence-electron chi connectivity index (χ1n) is 7.31. The molecule has 22 heavy (non-hydrogen) atoms. The van der Waals surface area contributed by atoms with Crippen molar-refractivity contribution in [2.45, 2.75) is 25.8 Å². The van der Waals surface area contributed by atoms with Crippen LogP contribution in [0.15, 0.2) is 24.4 Å². The molecule has 2 N–H and O–H groups in total. The van der Waals surface area contributed by atoms with Gasteiger partial charge in [0.15, 0.2) is 0 Å². The van der Waals surface area contributed by atoms with Crippen LogP contribution in [0.4, 0.5) is 0 Å². The van der Waals surface area contributed by atoms with Crippen molar-refractivity contribution in [2.24, 2.45) is 0 Å². The van der Waals surface area contributed by atoms with Gasteiger partial charge in [0.1, 0.15) is 15.6 Å². The Labute approximate surface area is 133 Å². The molecular weight excluding hydrogens is 300 g/mol. The second kappa shape index (κ2) is 6.46. The first-order chi connectivity index (χ1) is 10.7. The van der Waals surface area contributed by atoms with Gasteiger partial charge < -0.3 is 15.2 Å². The summed E-state index contributed by atoms with van der Waals surface area (Å²) in [5.74, 6) is 0.797. The number of fused-ring (bicyclic) bond motifs is 1. The maximum atomic E-state index is 12.1. The van der Waals surface area contributed by atoms with Crippen LogP contribution in [-0.2, 0) is 6.42 Å². The molecule has 5 nitrogen and oxygen atoms in total. The average Bonchev–Trinajstić information content (AvgIpc) is 3.15. The Bertz CT molecular complexity index is 684. The van der Waals surface area contributed by atoms with E-state index in [0.29, 0.717) is 11.3 Å². The van der Waals surface area contributed by atoms with Crippen LogP contribution >= 0.6 is 11.3 Å². The van der Waals surface area contributed by atoms with Crippen molar-refractivity contribution in [3.8, 4) is 16.3 Å². The number of benzene rings is 1. The molecule has 0 aliphatic carbocycles. The lowest BCUT2D eigenvalue weighted by Gasteiger charge is -2.10. The number of hydrogen-bond donors (Lipinski definition) is 2. The number of amides is 1. The minimum Gasteiger partial charge on any atom is -0.493 e. The molecule has 1 amide bonds. The lowest BCUT2D eigenvalue weighted by Crippen LogP contribution is -2.32. The number of rotatable bonds is 5. The number of thiazole rings is 1. The Morgan fingerprint density at radius 1 is 1.55 bits per heavy atom. The van der Waals surface area contributed by atoms with Crippen LogP contribution in [0.5, 0.6) is 5.75 Å². The van der Waals surface area contributed by atoms with Crippen LogP contribution < -0.4 is 10.1 Å². The average molecular weight is 318 g/mol. The molecule has 0 bridgehead atoms. The summed E-state index contributed by atoms with van der Waals surface area (Å²) in [6.07, 6.45) is 3.06. The molecule has 3 rings (SSSR count). The van der Waals surface area contributed by atoms with E-state index in [1.807, 2.05) is 19.1 Å². The van der Waals surface area contributed by atoms with Gasteiger partial charge in [-0.2, -0.15) is 0 Å². The third-order valence-electron chi connectivity index (χ3n) is 3.61. The summed E-state index contributed by atoms with van der Waals surface area (Å²) in [5.41, 5.74) is 2.20. The predicted molar refractivity (Wildman–Crippen MR) is 85.4 cm³/mol. The summed E-state index contributed by atoms with van der Waals surface area (Å²) in [6, 6.07) is 5.96. The smallest absolute Gasteiger partial charge is 0.263 e. The largest absolute Gasteiger partial charge is 0.493 e. The highest BCUT2D eigenvalue weighted by Gasteiger charge is 2.16. The Morgan fingerprint density at radius 3 is 3.23 bits per heavy atom. The highest BCUT2D eigenvalue weighted by molar-refractivity contribution is 7.16. The van der Waals surface area contributed by atoms with Gasteiger partial charge in [0.05, 0.1) is 12.8 Å². The number of aliphatic hydroxyl groups excluding tert-OH is 1. The van der Waals surface area contributed by atoms with Crippen molar-refractivity contribution < 1.29 is 14.6 Å². The van der Waals surface area contributed by atoms with Crippen LogP contribution in [0.3, 0.4) is 0 Å². The van der Waals surface area contributed by atoms with Gasteiger partial charge in [0.2, 0.25) is 0 Å². The molecule has 1 atom stereocenters. The quantitative estimate of drug-likeness (QED) is 0.887. The molecule has 1 aromatic carbocycles. The van der Waals surface area contributed by atoms with Crippen molar-refractivity contribution in [2.75, 3.05) is 13.2 Å². The van der Waals surface area contributed by atoms with Gasteiger partial charge in [-0.25, -0.2) is 4.98 Å². The van der Waals surface area contributed by atoms with Crippen LogP contribution in [-0.4, -0.2) is 35.3 Å². The zero-order valence-electron chi connectivity index (χ0n) is 12.3. The second-order valence-electron chi connectivity index (χ2n) is 5.34. The van der Waals surface area contributed by atoms with Gasteiger partial charge in [0.25, 0.3) is 5.91 Å². The van der Waals surface area contributed by atoms with Crippen molar-refractivity contribution in [3.63, 3.8) is 0 Å². The first-order valence-corrected chi connectivity index (χ1v) is 8.12. The Balaban J connectivity index is 1.75. The zero-order valence-corrected chi connectivity index (χ0v) is 13.2. The topological polar surface area (TPSA) is 71.5 Å². The highest BCUT2D eigenvalue weighted by Crippen LogP contribution is 2.32. The number of hydrogen-bond acceptors (Lipinski definition) is 5. The minimum absolute atomic E-state index is 0.0554. The maximum absolute atomic E-state index is 12.1. The third kappa shape index (κ3) is 3.13. The van der Waals surface area contributed by atoms with Gasteiger partial charge in [-0.15, -0.1) is 11.3 Å². The van der Waals surface area contributed by atoms with E-state index in [4.69, 9.17) is 9.84 Å². The summed E-state index contributed by atoms with van der Waals surface area (Å²) >= 11 is 1.37. The maximum Gasteiger partial charge on any atom is 0.263 e. The summed E-state index contributed by atoms with van der Waals surface area (Å²) < 4.78 is 5.50. The number of nitrogens with zero attached hydrogens (tertiary/aromatic N) is 1. The number of aliphatic hydroxyl groups is 1. The van der Waals surface area contributed by atoms with E-state index >= 15 is 0 Å².